The Morgan fingerprint density at radius 2 is 1.71 bits per heavy atom. The van der Waals surface area contributed by atoms with E-state index in [-0.39, 0.29) is 12.5 Å². The molecule has 1 amide bonds. The number of carboxylic acid groups (broad SMARTS) is 1. The molecule has 0 fully saturated rings. The van der Waals surface area contributed by atoms with Gasteiger partial charge in [-0.1, -0.05) is 43.7 Å². The molecule has 0 bridgehead atoms. The predicted molar refractivity (Wildman–Crippen MR) is 82.0 cm³/mol. The van der Waals surface area contributed by atoms with Crippen LogP contribution in [0.1, 0.15) is 37.8 Å². The molecule has 1 aromatic carbocycles. The van der Waals surface area contributed by atoms with Crippen molar-refractivity contribution >= 4 is 11.9 Å². The number of aliphatic carboxylic acids is 1. The Bertz CT molecular complexity index is 479. The van der Waals surface area contributed by atoms with E-state index in [1.54, 1.807) is 13.8 Å². The van der Waals surface area contributed by atoms with Crippen molar-refractivity contribution in [3.63, 3.8) is 0 Å². The Kier molecular flexibility index (Phi) is 6.37. The van der Waals surface area contributed by atoms with Gasteiger partial charge in [-0.2, -0.15) is 0 Å². The molecule has 0 atom stereocenters. The summed E-state index contributed by atoms with van der Waals surface area (Å²) in [7, 11) is 0. The second-order valence-electron chi connectivity index (χ2n) is 5.21. The molecule has 116 valence electrons. The summed E-state index contributed by atoms with van der Waals surface area (Å²) in [4.78, 5) is 23.1. The Morgan fingerprint density at radius 1 is 1.14 bits per heavy atom. The molecule has 5 heteroatoms. The minimum absolute atomic E-state index is 0.000157. The van der Waals surface area contributed by atoms with Gasteiger partial charge in [0.2, 0.25) is 5.91 Å². The van der Waals surface area contributed by atoms with Crippen LogP contribution < -0.4 is 10.6 Å². The van der Waals surface area contributed by atoms with Gasteiger partial charge in [0.1, 0.15) is 5.54 Å². The Balaban J connectivity index is 2.46. The van der Waals surface area contributed by atoms with Gasteiger partial charge in [0.15, 0.2) is 0 Å². The molecule has 0 aliphatic carbocycles. The summed E-state index contributed by atoms with van der Waals surface area (Å²) in [5.74, 6) is -1.12. The first-order valence-corrected chi connectivity index (χ1v) is 7.24. The van der Waals surface area contributed by atoms with Crippen molar-refractivity contribution in [1.29, 1.82) is 0 Å². The van der Waals surface area contributed by atoms with Crippen molar-refractivity contribution in [2.45, 2.75) is 45.7 Å². The number of rotatable bonds is 8. The van der Waals surface area contributed by atoms with E-state index in [2.05, 4.69) is 10.6 Å². The number of hydrogen-bond donors (Lipinski definition) is 3. The largest absolute Gasteiger partial charge is 0.480 e. The van der Waals surface area contributed by atoms with Crippen molar-refractivity contribution in [2.75, 3.05) is 6.54 Å². The molecule has 5 nitrogen and oxygen atoms in total. The maximum atomic E-state index is 11.8. The molecule has 0 aliphatic heterocycles. The molecule has 0 unspecified atom stereocenters. The van der Waals surface area contributed by atoms with Crippen molar-refractivity contribution in [3.05, 3.63) is 35.4 Å². The third-order valence-electron chi connectivity index (χ3n) is 3.81. The third kappa shape index (κ3) is 4.86. The minimum atomic E-state index is -1.03. The molecule has 21 heavy (non-hydrogen) atoms. The predicted octanol–water partition coefficient (Wildman–Crippen LogP) is 1.84. The first-order valence-electron chi connectivity index (χ1n) is 7.24. The number of hydrogen-bond acceptors (Lipinski definition) is 3. The fourth-order valence-electron chi connectivity index (χ4n) is 2.10. The molecule has 0 heterocycles. The number of carbonyl (C=O) groups excluding carboxylic acids is 1. The summed E-state index contributed by atoms with van der Waals surface area (Å²) in [6, 6.07) is 7.90. The maximum absolute atomic E-state index is 11.8. The lowest BCUT2D eigenvalue weighted by atomic mass is 9.93. The first-order chi connectivity index (χ1) is 9.93. The van der Waals surface area contributed by atoms with Crippen LogP contribution in [0, 0.1) is 6.92 Å². The number of amides is 1. The molecule has 1 aromatic rings. The van der Waals surface area contributed by atoms with Gasteiger partial charge in [0.05, 0.1) is 6.54 Å². The second kappa shape index (κ2) is 7.78. The molecular weight excluding hydrogens is 268 g/mol. The molecule has 0 saturated carbocycles. The molecule has 0 aliphatic rings. The number of carboxylic acids is 1. The van der Waals surface area contributed by atoms with Crippen LogP contribution in [0.5, 0.6) is 0 Å². The van der Waals surface area contributed by atoms with E-state index in [1.165, 1.54) is 5.56 Å². The van der Waals surface area contributed by atoms with Gasteiger partial charge >= 0.3 is 5.97 Å². The highest BCUT2D eigenvalue weighted by Gasteiger charge is 2.34. The Labute approximate surface area is 125 Å². The summed E-state index contributed by atoms with van der Waals surface area (Å²) >= 11 is 0. The van der Waals surface area contributed by atoms with Crippen molar-refractivity contribution in [2.24, 2.45) is 0 Å². The molecule has 0 spiro atoms. The van der Waals surface area contributed by atoms with Crippen LogP contribution in [-0.2, 0) is 16.1 Å². The van der Waals surface area contributed by atoms with Crippen LogP contribution >= 0.6 is 0 Å². The Hall–Kier alpha value is -1.88. The van der Waals surface area contributed by atoms with Gasteiger partial charge in [-0.3, -0.25) is 14.9 Å². The average molecular weight is 292 g/mol. The molecular formula is C16H24N2O3. The van der Waals surface area contributed by atoms with Gasteiger partial charge in [-0.25, -0.2) is 0 Å². The number of carbonyl (C=O) groups is 2. The van der Waals surface area contributed by atoms with Crippen molar-refractivity contribution in [1.82, 2.24) is 10.6 Å². The van der Waals surface area contributed by atoms with Gasteiger partial charge < -0.3 is 10.4 Å². The van der Waals surface area contributed by atoms with E-state index in [0.29, 0.717) is 19.4 Å². The number of aryl methyl sites for hydroxylation is 1. The minimum Gasteiger partial charge on any atom is -0.480 e. The summed E-state index contributed by atoms with van der Waals surface area (Å²) in [6.45, 7) is 6.05. The first kappa shape index (κ1) is 17.2. The van der Waals surface area contributed by atoms with Crippen LogP contribution in [0.25, 0.3) is 0 Å². The Morgan fingerprint density at radius 3 is 2.19 bits per heavy atom. The average Bonchev–Trinajstić information content (AvgIpc) is 2.48. The lowest BCUT2D eigenvalue weighted by Crippen LogP contribution is -2.54. The number of nitrogens with one attached hydrogen (secondary N) is 2. The van der Waals surface area contributed by atoms with Crippen molar-refractivity contribution in [3.8, 4) is 0 Å². The second-order valence-corrected chi connectivity index (χ2v) is 5.21. The van der Waals surface area contributed by atoms with Gasteiger partial charge in [-0.15, -0.1) is 0 Å². The topological polar surface area (TPSA) is 78.4 Å². The zero-order valence-corrected chi connectivity index (χ0v) is 12.9. The lowest BCUT2D eigenvalue weighted by molar-refractivity contribution is -0.145. The van der Waals surface area contributed by atoms with Crippen LogP contribution in [-0.4, -0.2) is 29.1 Å². The van der Waals surface area contributed by atoms with Crippen molar-refractivity contribution < 1.29 is 14.7 Å². The van der Waals surface area contributed by atoms with Gasteiger partial charge in [0.25, 0.3) is 0 Å². The standard InChI is InChI=1S/C16H24N2O3/c1-4-16(5-2,15(20)21)18-11-14(19)17-10-13-8-6-12(3)7-9-13/h6-9,18H,4-5,10-11H2,1-3H3,(H,17,19)(H,20,21). The molecule has 0 aromatic heterocycles. The summed E-state index contributed by atoms with van der Waals surface area (Å²) in [6.07, 6.45) is 0.869. The molecule has 0 radical (unpaired) electrons. The summed E-state index contributed by atoms with van der Waals surface area (Å²) < 4.78 is 0. The quantitative estimate of drug-likeness (QED) is 0.683. The summed E-state index contributed by atoms with van der Waals surface area (Å²) in [5, 5.41) is 14.9. The fraction of sp³-hybridized carbons (Fsp3) is 0.500. The third-order valence-corrected chi connectivity index (χ3v) is 3.81. The highest BCUT2D eigenvalue weighted by Crippen LogP contribution is 2.14. The van der Waals surface area contributed by atoms with Crippen LogP contribution in [0.4, 0.5) is 0 Å². The molecule has 0 saturated heterocycles. The van der Waals surface area contributed by atoms with Gasteiger partial charge in [0, 0.05) is 6.54 Å². The van der Waals surface area contributed by atoms with Crippen LogP contribution in [0.15, 0.2) is 24.3 Å². The highest BCUT2D eigenvalue weighted by atomic mass is 16.4. The molecule has 3 N–H and O–H groups in total. The van der Waals surface area contributed by atoms with E-state index in [0.717, 1.165) is 5.56 Å². The lowest BCUT2D eigenvalue weighted by Gasteiger charge is -2.27. The number of benzene rings is 1. The SMILES string of the molecule is CCC(CC)(NCC(=O)NCc1ccc(C)cc1)C(=O)O. The van der Waals surface area contributed by atoms with E-state index in [9.17, 15) is 14.7 Å². The monoisotopic (exact) mass is 292 g/mol. The summed E-state index contributed by atoms with van der Waals surface area (Å²) in [5.41, 5.74) is 1.16. The fourth-order valence-corrected chi connectivity index (χ4v) is 2.10. The molecule has 1 rings (SSSR count). The highest BCUT2D eigenvalue weighted by molar-refractivity contribution is 5.82. The van der Waals surface area contributed by atoms with E-state index < -0.39 is 11.5 Å². The zero-order valence-electron chi connectivity index (χ0n) is 12.9. The maximum Gasteiger partial charge on any atom is 0.323 e. The van der Waals surface area contributed by atoms with Gasteiger partial charge in [-0.05, 0) is 25.3 Å². The van der Waals surface area contributed by atoms with E-state index >= 15 is 0 Å². The van der Waals surface area contributed by atoms with E-state index in [4.69, 9.17) is 0 Å². The van der Waals surface area contributed by atoms with E-state index in [1.807, 2.05) is 31.2 Å². The normalized spacial score (nSPS) is 11.2. The van der Waals surface area contributed by atoms with Crippen LogP contribution in [0.2, 0.25) is 0 Å². The smallest absolute Gasteiger partial charge is 0.323 e. The zero-order chi connectivity index (χ0) is 15.9. The van der Waals surface area contributed by atoms with Crippen LogP contribution in [0.3, 0.4) is 0 Å².